The van der Waals surface area contributed by atoms with E-state index in [0.717, 1.165) is 18.5 Å². The maximum Gasteiger partial charge on any atom is 0.235 e. The van der Waals surface area contributed by atoms with Crippen molar-refractivity contribution in [2.24, 2.45) is 0 Å². The van der Waals surface area contributed by atoms with E-state index in [4.69, 9.17) is 0 Å². The molecule has 0 saturated carbocycles. The fraction of sp³-hybridized carbons (Fsp3) is 0.333. The summed E-state index contributed by atoms with van der Waals surface area (Å²) in [6.07, 6.45) is 8.56. The molecule has 6 nitrogen and oxygen atoms in total. The van der Waals surface area contributed by atoms with E-state index in [1.165, 1.54) is 6.92 Å². The van der Waals surface area contributed by atoms with Crippen molar-refractivity contribution in [2.75, 3.05) is 6.54 Å². The molecule has 0 aromatic carbocycles. The van der Waals surface area contributed by atoms with Crippen LogP contribution >= 0.6 is 0 Å². The van der Waals surface area contributed by atoms with E-state index in [1.54, 1.807) is 29.5 Å². The predicted octanol–water partition coefficient (Wildman–Crippen LogP) is 0.731. The van der Waals surface area contributed by atoms with Gasteiger partial charge in [0.05, 0.1) is 0 Å². The van der Waals surface area contributed by atoms with Gasteiger partial charge in [-0.3, -0.25) is 9.36 Å². The van der Waals surface area contributed by atoms with Crippen LogP contribution in [0.4, 0.5) is 0 Å². The number of aromatic nitrogens is 4. The van der Waals surface area contributed by atoms with E-state index in [0.29, 0.717) is 12.5 Å². The molecule has 0 unspecified atom stereocenters. The first kappa shape index (κ1) is 12.2. The van der Waals surface area contributed by atoms with Crippen LogP contribution in [0.1, 0.15) is 19.0 Å². The number of imidazole rings is 1. The standard InChI is InChI=1S/C12H15N5O/c1-10(18)14-5-2-3-11-4-6-15-12(16-11)17-8-7-13-9-17/h4,6-9H,2-3,5H2,1H3,(H,14,18). The molecule has 94 valence electrons. The molecule has 2 aromatic heterocycles. The summed E-state index contributed by atoms with van der Waals surface area (Å²) in [7, 11) is 0. The van der Waals surface area contributed by atoms with Crippen molar-refractivity contribution in [1.29, 1.82) is 0 Å². The Balaban J connectivity index is 1.94. The molecule has 0 aliphatic heterocycles. The van der Waals surface area contributed by atoms with Gasteiger partial charge in [0.1, 0.15) is 6.33 Å². The number of aryl methyl sites for hydroxylation is 1. The number of nitrogens with zero attached hydrogens (tertiary/aromatic N) is 4. The average molecular weight is 245 g/mol. The van der Waals surface area contributed by atoms with Crippen molar-refractivity contribution in [3.63, 3.8) is 0 Å². The molecular formula is C12H15N5O. The lowest BCUT2D eigenvalue weighted by molar-refractivity contribution is -0.118. The molecule has 0 saturated heterocycles. The van der Waals surface area contributed by atoms with Crippen molar-refractivity contribution in [2.45, 2.75) is 19.8 Å². The summed E-state index contributed by atoms with van der Waals surface area (Å²) in [5, 5.41) is 2.76. The molecule has 0 aliphatic rings. The Morgan fingerprint density at radius 2 is 2.33 bits per heavy atom. The van der Waals surface area contributed by atoms with E-state index in [2.05, 4.69) is 20.3 Å². The highest BCUT2D eigenvalue weighted by Gasteiger charge is 2.01. The third-order valence-electron chi connectivity index (χ3n) is 2.42. The van der Waals surface area contributed by atoms with E-state index >= 15 is 0 Å². The lowest BCUT2D eigenvalue weighted by Crippen LogP contribution is -2.21. The zero-order valence-corrected chi connectivity index (χ0v) is 10.2. The van der Waals surface area contributed by atoms with Crippen molar-refractivity contribution >= 4 is 5.91 Å². The van der Waals surface area contributed by atoms with Crippen LogP contribution < -0.4 is 5.32 Å². The minimum atomic E-state index is -0.00297. The summed E-state index contributed by atoms with van der Waals surface area (Å²) < 4.78 is 1.76. The zero-order valence-electron chi connectivity index (χ0n) is 10.2. The molecule has 0 radical (unpaired) electrons. The van der Waals surface area contributed by atoms with Gasteiger partial charge >= 0.3 is 0 Å². The molecule has 0 bridgehead atoms. The molecule has 1 N–H and O–H groups in total. The van der Waals surface area contributed by atoms with E-state index in [9.17, 15) is 4.79 Å². The molecule has 18 heavy (non-hydrogen) atoms. The maximum absolute atomic E-state index is 10.7. The first-order chi connectivity index (χ1) is 8.75. The van der Waals surface area contributed by atoms with Crippen LogP contribution in [0.25, 0.3) is 5.95 Å². The van der Waals surface area contributed by atoms with Gasteiger partial charge in [0.2, 0.25) is 11.9 Å². The molecule has 2 aromatic rings. The molecule has 0 aliphatic carbocycles. The Labute approximate surface area is 105 Å². The summed E-state index contributed by atoms with van der Waals surface area (Å²) in [4.78, 5) is 23.3. The Morgan fingerprint density at radius 1 is 1.44 bits per heavy atom. The maximum atomic E-state index is 10.7. The second-order valence-electron chi connectivity index (χ2n) is 3.90. The Hall–Kier alpha value is -2.24. The average Bonchev–Trinajstić information content (AvgIpc) is 2.89. The molecule has 0 spiro atoms. The third kappa shape index (κ3) is 3.38. The van der Waals surface area contributed by atoms with Crippen LogP contribution in [-0.2, 0) is 11.2 Å². The van der Waals surface area contributed by atoms with E-state index < -0.39 is 0 Å². The lowest BCUT2D eigenvalue weighted by atomic mass is 10.2. The second-order valence-corrected chi connectivity index (χ2v) is 3.90. The van der Waals surface area contributed by atoms with Crippen LogP contribution in [0.15, 0.2) is 31.0 Å². The number of amides is 1. The number of hydrogen-bond donors (Lipinski definition) is 1. The molecule has 2 heterocycles. The Kier molecular flexibility index (Phi) is 4.01. The number of nitrogens with one attached hydrogen (secondary N) is 1. The third-order valence-corrected chi connectivity index (χ3v) is 2.42. The van der Waals surface area contributed by atoms with Crippen LogP contribution in [-0.4, -0.2) is 32.0 Å². The smallest absolute Gasteiger partial charge is 0.235 e. The molecule has 0 fully saturated rings. The second kappa shape index (κ2) is 5.90. The van der Waals surface area contributed by atoms with Crippen molar-refractivity contribution in [1.82, 2.24) is 24.8 Å². The van der Waals surface area contributed by atoms with Crippen LogP contribution in [0.5, 0.6) is 0 Å². The highest BCUT2D eigenvalue weighted by atomic mass is 16.1. The molecular weight excluding hydrogens is 230 g/mol. The van der Waals surface area contributed by atoms with Crippen LogP contribution in [0.2, 0.25) is 0 Å². The van der Waals surface area contributed by atoms with Gasteiger partial charge in [-0.15, -0.1) is 0 Å². The highest BCUT2D eigenvalue weighted by Crippen LogP contribution is 2.03. The Bertz CT molecular complexity index is 509. The normalized spacial score (nSPS) is 10.3. The largest absolute Gasteiger partial charge is 0.356 e. The van der Waals surface area contributed by atoms with Gasteiger partial charge in [0.15, 0.2) is 0 Å². The van der Waals surface area contributed by atoms with Crippen molar-refractivity contribution in [3.8, 4) is 5.95 Å². The summed E-state index contributed by atoms with van der Waals surface area (Å²) in [5.41, 5.74) is 0.957. The van der Waals surface area contributed by atoms with Gasteiger partial charge in [-0.2, -0.15) is 0 Å². The zero-order chi connectivity index (χ0) is 12.8. The lowest BCUT2D eigenvalue weighted by Gasteiger charge is -2.04. The number of carbonyl (C=O) groups is 1. The predicted molar refractivity (Wildman–Crippen MR) is 66.2 cm³/mol. The number of carbonyl (C=O) groups excluding carboxylic acids is 1. The monoisotopic (exact) mass is 245 g/mol. The van der Waals surface area contributed by atoms with Gasteiger partial charge in [0, 0.05) is 37.8 Å². The molecule has 0 atom stereocenters. The summed E-state index contributed by atoms with van der Waals surface area (Å²) >= 11 is 0. The van der Waals surface area contributed by atoms with Crippen molar-refractivity contribution in [3.05, 3.63) is 36.7 Å². The van der Waals surface area contributed by atoms with Crippen molar-refractivity contribution < 1.29 is 4.79 Å². The van der Waals surface area contributed by atoms with E-state index in [-0.39, 0.29) is 5.91 Å². The minimum Gasteiger partial charge on any atom is -0.356 e. The molecule has 6 heteroatoms. The fourth-order valence-corrected chi connectivity index (χ4v) is 1.56. The van der Waals surface area contributed by atoms with Crippen LogP contribution in [0, 0.1) is 0 Å². The fourth-order valence-electron chi connectivity index (χ4n) is 1.56. The molecule has 1 amide bonds. The topological polar surface area (TPSA) is 72.7 Å². The van der Waals surface area contributed by atoms with Gasteiger partial charge < -0.3 is 5.32 Å². The van der Waals surface area contributed by atoms with Gasteiger partial charge in [0.25, 0.3) is 0 Å². The van der Waals surface area contributed by atoms with E-state index in [1.807, 2.05) is 6.07 Å². The first-order valence-electron chi connectivity index (χ1n) is 5.80. The highest BCUT2D eigenvalue weighted by molar-refractivity contribution is 5.72. The quantitative estimate of drug-likeness (QED) is 0.788. The summed E-state index contributed by atoms with van der Waals surface area (Å²) in [6.45, 7) is 2.18. The summed E-state index contributed by atoms with van der Waals surface area (Å²) in [6, 6.07) is 1.88. The van der Waals surface area contributed by atoms with Gasteiger partial charge in [-0.1, -0.05) is 0 Å². The number of hydrogen-bond acceptors (Lipinski definition) is 4. The molecule has 2 rings (SSSR count). The minimum absolute atomic E-state index is 0.00297. The first-order valence-corrected chi connectivity index (χ1v) is 5.80. The summed E-state index contributed by atoms with van der Waals surface area (Å²) in [5.74, 6) is 0.612. The van der Waals surface area contributed by atoms with Crippen LogP contribution in [0.3, 0.4) is 0 Å². The van der Waals surface area contributed by atoms with Gasteiger partial charge in [-0.25, -0.2) is 15.0 Å². The number of rotatable bonds is 5. The van der Waals surface area contributed by atoms with Gasteiger partial charge in [-0.05, 0) is 18.9 Å². The Morgan fingerprint density at radius 3 is 3.06 bits per heavy atom. The SMILES string of the molecule is CC(=O)NCCCc1ccnc(-n2ccnc2)n1.